The van der Waals surface area contributed by atoms with Crippen LogP contribution in [0.15, 0.2) is 39.5 Å². The number of anilines is 1. The highest BCUT2D eigenvalue weighted by Crippen LogP contribution is 2.17. The number of aromatic nitrogens is 1. The molecule has 0 aromatic carbocycles. The van der Waals surface area contributed by atoms with Gasteiger partial charge in [-0.25, -0.2) is 4.98 Å². The first-order valence-electron chi connectivity index (χ1n) is 5.59. The molecule has 1 N–H and O–H groups in total. The highest BCUT2D eigenvalue weighted by Gasteiger charge is 2.06. The highest BCUT2D eigenvalue weighted by molar-refractivity contribution is 9.10. The number of halogens is 1. The summed E-state index contributed by atoms with van der Waals surface area (Å²) in [7, 11) is 0. The fraction of sp³-hybridized carbons (Fsp3) is 0.231. The van der Waals surface area contributed by atoms with Crippen molar-refractivity contribution in [3.8, 4) is 0 Å². The molecule has 1 amide bonds. The molecule has 2 heterocycles. The maximum atomic E-state index is 11.7. The Hall–Kier alpha value is -1.62. The molecule has 2 rings (SSSR count). The molecule has 0 radical (unpaired) electrons. The topological polar surface area (TPSA) is 55.1 Å². The average Bonchev–Trinajstić information content (AvgIpc) is 2.84. The number of furan rings is 1. The summed E-state index contributed by atoms with van der Waals surface area (Å²) in [4.78, 5) is 15.8. The van der Waals surface area contributed by atoms with Crippen molar-refractivity contribution in [1.29, 1.82) is 0 Å². The van der Waals surface area contributed by atoms with Crippen LogP contribution < -0.4 is 5.32 Å². The zero-order chi connectivity index (χ0) is 13.0. The van der Waals surface area contributed by atoms with Gasteiger partial charge in [-0.05, 0) is 46.6 Å². The molecule has 0 aliphatic heterocycles. The van der Waals surface area contributed by atoms with E-state index < -0.39 is 0 Å². The number of nitrogens with zero attached hydrogens (tertiary/aromatic N) is 1. The molecule has 0 spiro atoms. The summed E-state index contributed by atoms with van der Waals surface area (Å²) in [6.07, 6.45) is 4.25. The zero-order valence-electron chi connectivity index (χ0n) is 9.94. The Morgan fingerprint density at radius 2 is 2.39 bits per heavy atom. The van der Waals surface area contributed by atoms with E-state index in [9.17, 15) is 4.79 Å². The molecule has 2 aromatic rings. The van der Waals surface area contributed by atoms with Crippen LogP contribution in [0.3, 0.4) is 0 Å². The van der Waals surface area contributed by atoms with Crippen LogP contribution in [-0.2, 0) is 11.2 Å². The van der Waals surface area contributed by atoms with E-state index in [2.05, 4.69) is 26.2 Å². The van der Waals surface area contributed by atoms with Crippen LogP contribution in [0.4, 0.5) is 5.82 Å². The van der Waals surface area contributed by atoms with E-state index in [4.69, 9.17) is 4.42 Å². The van der Waals surface area contributed by atoms with E-state index in [1.54, 1.807) is 12.5 Å². The third-order valence-electron chi connectivity index (χ3n) is 2.49. The number of rotatable bonds is 4. The van der Waals surface area contributed by atoms with Gasteiger partial charge < -0.3 is 9.73 Å². The summed E-state index contributed by atoms with van der Waals surface area (Å²) in [5, 5.41) is 2.76. The first kappa shape index (κ1) is 12.8. The molecule has 0 bridgehead atoms. The number of hydrogen-bond acceptors (Lipinski definition) is 3. The molecule has 0 aliphatic carbocycles. The minimum atomic E-state index is -0.0689. The van der Waals surface area contributed by atoms with E-state index in [0.29, 0.717) is 18.7 Å². The number of pyridine rings is 1. The van der Waals surface area contributed by atoms with Crippen LogP contribution in [0.1, 0.15) is 17.7 Å². The fourth-order valence-electron chi connectivity index (χ4n) is 1.50. The van der Waals surface area contributed by atoms with Gasteiger partial charge in [-0.3, -0.25) is 4.79 Å². The third kappa shape index (κ3) is 3.43. The van der Waals surface area contributed by atoms with Crippen molar-refractivity contribution in [1.82, 2.24) is 4.98 Å². The van der Waals surface area contributed by atoms with Gasteiger partial charge in [0.25, 0.3) is 0 Å². The van der Waals surface area contributed by atoms with Crippen molar-refractivity contribution in [2.75, 3.05) is 5.32 Å². The number of carbonyl (C=O) groups is 1. The lowest BCUT2D eigenvalue weighted by molar-refractivity contribution is -0.116. The van der Waals surface area contributed by atoms with E-state index in [1.807, 2.05) is 25.1 Å². The summed E-state index contributed by atoms with van der Waals surface area (Å²) in [5.74, 6) is 1.31. The monoisotopic (exact) mass is 308 g/mol. The molecular formula is C13H13BrN2O2. The molecule has 0 aliphatic rings. The second kappa shape index (κ2) is 5.82. The number of amides is 1. The minimum absolute atomic E-state index is 0.0689. The van der Waals surface area contributed by atoms with Crippen molar-refractivity contribution >= 4 is 27.7 Å². The molecule has 0 fully saturated rings. The molecule has 5 heteroatoms. The van der Waals surface area contributed by atoms with Crippen molar-refractivity contribution in [2.24, 2.45) is 0 Å². The first-order valence-corrected chi connectivity index (χ1v) is 6.39. The lowest BCUT2D eigenvalue weighted by Gasteiger charge is -2.05. The maximum absolute atomic E-state index is 11.7. The van der Waals surface area contributed by atoms with Gasteiger partial charge in [0.05, 0.1) is 6.26 Å². The Bertz CT molecular complexity index is 538. The minimum Gasteiger partial charge on any atom is -0.469 e. The standard InChI is InChI=1S/C13H13BrN2O2/c1-9-7-12(15-8-11(9)14)16-13(17)5-4-10-3-2-6-18-10/h2-3,6-8H,4-5H2,1H3,(H,15,16,17). The molecule has 94 valence electrons. The quantitative estimate of drug-likeness (QED) is 0.942. The van der Waals surface area contributed by atoms with Crippen LogP contribution in [-0.4, -0.2) is 10.9 Å². The van der Waals surface area contributed by atoms with Crippen LogP contribution in [0, 0.1) is 6.92 Å². The second-order valence-electron chi connectivity index (χ2n) is 3.95. The van der Waals surface area contributed by atoms with Gasteiger partial charge in [0.2, 0.25) is 5.91 Å². The Morgan fingerprint density at radius 1 is 1.56 bits per heavy atom. The average molecular weight is 309 g/mol. The third-order valence-corrected chi connectivity index (χ3v) is 3.32. The number of aryl methyl sites for hydroxylation is 2. The summed E-state index contributed by atoms with van der Waals surface area (Å²) in [5.41, 5.74) is 1.03. The predicted octanol–water partition coefficient (Wildman–Crippen LogP) is 3.32. The Kier molecular flexibility index (Phi) is 4.15. The van der Waals surface area contributed by atoms with E-state index in [-0.39, 0.29) is 5.91 Å². The lowest BCUT2D eigenvalue weighted by atomic mass is 10.2. The highest BCUT2D eigenvalue weighted by atomic mass is 79.9. The molecule has 0 unspecified atom stereocenters. The van der Waals surface area contributed by atoms with Crippen molar-refractivity contribution < 1.29 is 9.21 Å². The Labute approximate surface area is 114 Å². The lowest BCUT2D eigenvalue weighted by Crippen LogP contribution is -2.13. The first-order chi connectivity index (χ1) is 8.65. The molecular weight excluding hydrogens is 296 g/mol. The van der Waals surface area contributed by atoms with Gasteiger partial charge in [0, 0.05) is 23.5 Å². The Morgan fingerprint density at radius 3 is 3.06 bits per heavy atom. The van der Waals surface area contributed by atoms with Gasteiger partial charge >= 0.3 is 0 Å². The molecule has 4 nitrogen and oxygen atoms in total. The number of carbonyl (C=O) groups excluding carboxylic acids is 1. The van der Waals surface area contributed by atoms with Gasteiger partial charge in [-0.2, -0.15) is 0 Å². The summed E-state index contributed by atoms with van der Waals surface area (Å²) in [6, 6.07) is 5.50. The van der Waals surface area contributed by atoms with Gasteiger partial charge in [-0.1, -0.05) is 0 Å². The van der Waals surface area contributed by atoms with Gasteiger partial charge in [0.15, 0.2) is 0 Å². The van der Waals surface area contributed by atoms with Gasteiger partial charge in [-0.15, -0.1) is 0 Å². The van der Waals surface area contributed by atoms with Crippen molar-refractivity contribution in [2.45, 2.75) is 19.8 Å². The van der Waals surface area contributed by atoms with E-state index in [0.717, 1.165) is 15.8 Å². The van der Waals surface area contributed by atoms with Crippen LogP contribution in [0.2, 0.25) is 0 Å². The Balaban J connectivity index is 1.88. The fourth-order valence-corrected chi connectivity index (χ4v) is 1.72. The van der Waals surface area contributed by atoms with E-state index >= 15 is 0 Å². The van der Waals surface area contributed by atoms with Crippen LogP contribution in [0.5, 0.6) is 0 Å². The largest absolute Gasteiger partial charge is 0.469 e. The van der Waals surface area contributed by atoms with Gasteiger partial charge in [0.1, 0.15) is 11.6 Å². The molecule has 0 saturated carbocycles. The smallest absolute Gasteiger partial charge is 0.225 e. The maximum Gasteiger partial charge on any atom is 0.225 e. The number of nitrogens with one attached hydrogen (secondary N) is 1. The summed E-state index contributed by atoms with van der Waals surface area (Å²) in [6.45, 7) is 1.95. The summed E-state index contributed by atoms with van der Waals surface area (Å²) >= 11 is 3.36. The zero-order valence-corrected chi connectivity index (χ0v) is 11.5. The van der Waals surface area contributed by atoms with Crippen molar-refractivity contribution in [3.63, 3.8) is 0 Å². The van der Waals surface area contributed by atoms with Crippen molar-refractivity contribution in [3.05, 3.63) is 46.5 Å². The SMILES string of the molecule is Cc1cc(NC(=O)CCc2ccco2)ncc1Br. The molecule has 18 heavy (non-hydrogen) atoms. The predicted molar refractivity (Wildman–Crippen MR) is 72.3 cm³/mol. The molecule has 2 aromatic heterocycles. The second-order valence-corrected chi connectivity index (χ2v) is 4.80. The van der Waals surface area contributed by atoms with Crippen LogP contribution >= 0.6 is 15.9 Å². The summed E-state index contributed by atoms with van der Waals surface area (Å²) < 4.78 is 6.09. The van der Waals surface area contributed by atoms with E-state index in [1.165, 1.54) is 0 Å². The molecule has 0 saturated heterocycles. The normalized spacial score (nSPS) is 10.3. The number of hydrogen-bond donors (Lipinski definition) is 1. The molecule has 0 atom stereocenters. The van der Waals surface area contributed by atoms with Crippen LogP contribution in [0.25, 0.3) is 0 Å².